The number of piperidine rings is 1. The van der Waals surface area contributed by atoms with Gasteiger partial charge in [-0.25, -0.2) is 0 Å². The molecular formula is C23H31BrN2O3. The Morgan fingerprint density at radius 1 is 1.17 bits per heavy atom. The highest BCUT2D eigenvalue weighted by molar-refractivity contribution is 9.10. The van der Waals surface area contributed by atoms with Crippen LogP contribution in [0.4, 0.5) is 0 Å². The average molecular weight is 463 g/mol. The van der Waals surface area contributed by atoms with E-state index in [0.29, 0.717) is 36.3 Å². The minimum absolute atomic E-state index is 0.000581. The molecule has 0 radical (unpaired) electrons. The van der Waals surface area contributed by atoms with Crippen LogP contribution in [-0.4, -0.2) is 34.1 Å². The van der Waals surface area contributed by atoms with Crippen molar-refractivity contribution < 1.29 is 14.0 Å². The number of likely N-dealkylation sites (tertiary alicyclic amines) is 1. The zero-order valence-electron chi connectivity index (χ0n) is 17.0. The summed E-state index contributed by atoms with van der Waals surface area (Å²) in [6.45, 7) is 1.85. The first-order chi connectivity index (χ1) is 13.9. The third kappa shape index (κ3) is 4.01. The lowest BCUT2D eigenvalue weighted by molar-refractivity contribution is -0.141. The Morgan fingerprint density at radius 2 is 1.90 bits per heavy atom. The van der Waals surface area contributed by atoms with Crippen molar-refractivity contribution >= 4 is 27.7 Å². The first-order valence-electron chi connectivity index (χ1n) is 11.2. The minimum atomic E-state index is -0.000581. The highest BCUT2D eigenvalue weighted by Gasteiger charge is 2.57. The Kier molecular flexibility index (Phi) is 5.04. The molecule has 0 aromatic carbocycles. The van der Waals surface area contributed by atoms with Gasteiger partial charge in [-0.05, 0) is 80.8 Å². The maximum Gasteiger partial charge on any atom is 0.223 e. The van der Waals surface area contributed by atoms with Gasteiger partial charge in [-0.1, -0.05) is 15.9 Å². The fourth-order valence-corrected chi connectivity index (χ4v) is 8.61. The molecule has 4 aliphatic carbocycles. The van der Waals surface area contributed by atoms with Crippen molar-refractivity contribution in [2.24, 2.45) is 23.2 Å². The summed E-state index contributed by atoms with van der Waals surface area (Å²) >= 11 is 4.06. The fourth-order valence-electron chi connectivity index (χ4n) is 7.10. The molecular weight excluding hydrogens is 432 g/mol. The van der Waals surface area contributed by atoms with Gasteiger partial charge in [-0.2, -0.15) is 0 Å². The van der Waals surface area contributed by atoms with E-state index in [1.807, 2.05) is 17.0 Å². The number of nitrogens with zero attached hydrogens (tertiary/aromatic N) is 1. The molecule has 0 spiro atoms. The topological polar surface area (TPSA) is 62.6 Å². The molecule has 4 saturated carbocycles. The van der Waals surface area contributed by atoms with Gasteiger partial charge in [-0.3, -0.25) is 9.59 Å². The zero-order valence-corrected chi connectivity index (χ0v) is 18.6. The highest BCUT2D eigenvalue weighted by Crippen LogP contribution is 2.65. The third-order valence-corrected chi connectivity index (χ3v) is 8.80. The molecule has 2 atom stereocenters. The first kappa shape index (κ1) is 19.7. The number of carbonyl (C=O) groups excluding carboxylic acids is 2. The van der Waals surface area contributed by atoms with E-state index in [1.165, 1.54) is 38.5 Å². The number of carbonyl (C=O) groups is 2. The van der Waals surface area contributed by atoms with E-state index in [1.54, 1.807) is 6.26 Å². The van der Waals surface area contributed by atoms with Crippen molar-refractivity contribution in [1.29, 1.82) is 0 Å². The van der Waals surface area contributed by atoms with E-state index < -0.39 is 0 Å². The van der Waals surface area contributed by atoms with Gasteiger partial charge in [0.05, 0.1) is 12.8 Å². The van der Waals surface area contributed by atoms with E-state index in [2.05, 4.69) is 21.2 Å². The molecule has 1 saturated heterocycles. The molecule has 1 aliphatic heterocycles. The number of furan rings is 1. The highest BCUT2D eigenvalue weighted by atomic mass is 79.9. The van der Waals surface area contributed by atoms with Crippen LogP contribution in [0, 0.1) is 23.2 Å². The molecule has 1 aromatic rings. The molecule has 4 bridgehead atoms. The van der Waals surface area contributed by atoms with Gasteiger partial charge in [0.15, 0.2) is 0 Å². The zero-order chi connectivity index (χ0) is 20.1. The lowest BCUT2D eigenvalue weighted by atomic mass is 9.48. The second-order valence-corrected chi connectivity index (χ2v) is 11.9. The molecule has 5 fully saturated rings. The molecule has 6 heteroatoms. The van der Waals surface area contributed by atoms with Crippen molar-refractivity contribution in [2.45, 2.75) is 68.7 Å². The van der Waals surface area contributed by atoms with E-state index in [9.17, 15) is 9.59 Å². The summed E-state index contributed by atoms with van der Waals surface area (Å²) in [5.74, 6) is 2.79. The SMILES string of the molecule is O=C(NCc1ccco1)C1CCN(C(=O)CC23CC4CC(CC(Br)(C4)C2)C3)CC1. The van der Waals surface area contributed by atoms with Crippen LogP contribution in [0.25, 0.3) is 0 Å². The predicted molar refractivity (Wildman–Crippen MR) is 113 cm³/mol. The van der Waals surface area contributed by atoms with Crippen molar-refractivity contribution in [3.8, 4) is 0 Å². The summed E-state index contributed by atoms with van der Waals surface area (Å²) in [4.78, 5) is 27.6. The van der Waals surface area contributed by atoms with Crippen LogP contribution in [0.1, 0.15) is 63.5 Å². The van der Waals surface area contributed by atoms with Crippen molar-refractivity contribution in [1.82, 2.24) is 10.2 Å². The van der Waals surface area contributed by atoms with E-state index >= 15 is 0 Å². The van der Waals surface area contributed by atoms with Crippen molar-refractivity contribution in [3.05, 3.63) is 24.2 Å². The van der Waals surface area contributed by atoms with E-state index in [-0.39, 0.29) is 17.2 Å². The van der Waals surface area contributed by atoms with Crippen LogP contribution < -0.4 is 5.32 Å². The van der Waals surface area contributed by atoms with Gasteiger partial charge in [0.2, 0.25) is 11.8 Å². The van der Waals surface area contributed by atoms with Gasteiger partial charge in [0, 0.05) is 29.8 Å². The molecule has 5 nitrogen and oxygen atoms in total. The summed E-state index contributed by atoms with van der Waals surface area (Å²) in [7, 11) is 0. The number of amides is 2. The smallest absolute Gasteiger partial charge is 0.223 e. The lowest BCUT2D eigenvalue weighted by Crippen LogP contribution is -2.54. The predicted octanol–water partition coefficient (Wildman–Crippen LogP) is 4.26. The molecule has 1 N–H and O–H groups in total. The summed E-state index contributed by atoms with van der Waals surface area (Å²) in [6.07, 6.45) is 11.5. The Bertz CT molecular complexity index is 755. The van der Waals surface area contributed by atoms with Gasteiger partial charge < -0.3 is 14.6 Å². The monoisotopic (exact) mass is 462 g/mol. The van der Waals surface area contributed by atoms with Gasteiger partial charge in [0.25, 0.3) is 0 Å². The second kappa shape index (κ2) is 7.44. The van der Waals surface area contributed by atoms with Crippen molar-refractivity contribution in [2.75, 3.05) is 13.1 Å². The van der Waals surface area contributed by atoms with Crippen LogP contribution in [-0.2, 0) is 16.1 Å². The molecule has 158 valence electrons. The van der Waals surface area contributed by atoms with E-state index in [4.69, 9.17) is 4.42 Å². The molecule has 1 aromatic heterocycles. The molecule has 6 rings (SSSR count). The van der Waals surface area contributed by atoms with Crippen LogP contribution in [0.3, 0.4) is 0 Å². The van der Waals surface area contributed by atoms with Crippen LogP contribution >= 0.6 is 15.9 Å². The number of hydrogen-bond acceptors (Lipinski definition) is 3. The molecule has 29 heavy (non-hydrogen) atoms. The summed E-state index contributed by atoms with van der Waals surface area (Å²) in [5, 5.41) is 2.96. The Labute approximate surface area is 181 Å². The molecule has 5 aliphatic rings. The summed E-state index contributed by atoms with van der Waals surface area (Å²) in [5.41, 5.74) is 0.224. The maximum absolute atomic E-state index is 13.1. The first-order valence-corrected chi connectivity index (χ1v) is 12.0. The maximum atomic E-state index is 13.1. The molecule has 2 amide bonds. The number of hydrogen-bond donors (Lipinski definition) is 1. The Hall–Kier alpha value is -1.30. The number of halogens is 1. The third-order valence-electron chi connectivity index (χ3n) is 7.87. The number of nitrogens with one attached hydrogen (secondary N) is 1. The normalized spacial score (nSPS) is 36.4. The Morgan fingerprint density at radius 3 is 2.52 bits per heavy atom. The van der Waals surface area contributed by atoms with Crippen LogP contribution in [0.2, 0.25) is 0 Å². The van der Waals surface area contributed by atoms with Crippen molar-refractivity contribution in [3.63, 3.8) is 0 Å². The van der Waals surface area contributed by atoms with Gasteiger partial charge >= 0.3 is 0 Å². The van der Waals surface area contributed by atoms with Crippen LogP contribution in [0.15, 0.2) is 22.8 Å². The number of alkyl halides is 1. The standard InChI is InChI=1S/C23H31BrN2O3/c24-23-11-16-8-17(12-23)10-22(9-16,15-23)13-20(27)26-5-3-18(4-6-26)21(28)25-14-19-2-1-7-29-19/h1-2,7,16-18H,3-6,8-15H2,(H,25,28). The summed E-state index contributed by atoms with van der Waals surface area (Å²) < 4.78 is 5.57. The molecule has 2 unspecified atom stereocenters. The quantitative estimate of drug-likeness (QED) is 0.664. The molecule has 2 heterocycles. The van der Waals surface area contributed by atoms with Gasteiger partial charge in [-0.15, -0.1) is 0 Å². The van der Waals surface area contributed by atoms with Gasteiger partial charge in [0.1, 0.15) is 5.76 Å². The minimum Gasteiger partial charge on any atom is -0.467 e. The van der Waals surface area contributed by atoms with Crippen LogP contribution in [0.5, 0.6) is 0 Å². The fraction of sp³-hybridized carbons (Fsp3) is 0.739. The number of rotatable bonds is 5. The largest absolute Gasteiger partial charge is 0.467 e. The Balaban J connectivity index is 1.12. The lowest BCUT2D eigenvalue weighted by Gasteiger charge is -2.60. The second-order valence-electron chi connectivity index (χ2n) is 10.2. The van der Waals surface area contributed by atoms with E-state index in [0.717, 1.165) is 30.4 Å². The summed E-state index contributed by atoms with van der Waals surface area (Å²) in [6, 6.07) is 3.69. The average Bonchev–Trinajstić information content (AvgIpc) is 3.17.